The summed E-state index contributed by atoms with van der Waals surface area (Å²) in [4.78, 5) is 0. The lowest BCUT2D eigenvalue weighted by Crippen LogP contribution is -2.01. The molecule has 0 radical (unpaired) electrons. The molecule has 0 heterocycles. The number of benzene rings is 1. The number of rotatable bonds is 1. The van der Waals surface area contributed by atoms with Gasteiger partial charge in [-0.2, -0.15) is 4.39 Å². The molecule has 1 N–H and O–H groups in total. The summed E-state index contributed by atoms with van der Waals surface area (Å²) in [5.74, 6) is -8.73. The first-order valence-electron chi connectivity index (χ1n) is 3.58. The fourth-order valence-corrected chi connectivity index (χ4v) is 1.01. The van der Waals surface area contributed by atoms with E-state index in [-0.39, 0.29) is 5.57 Å². The van der Waals surface area contributed by atoms with Crippen LogP contribution in [0.5, 0.6) is 5.75 Å². The highest BCUT2D eigenvalue weighted by atomic mass is 19.2. The summed E-state index contributed by atoms with van der Waals surface area (Å²) in [7, 11) is 0. The monoisotopic (exact) mass is 206 g/mol. The summed E-state index contributed by atoms with van der Waals surface area (Å²) in [6.07, 6.45) is 0. The van der Waals surface area contributed by atoms with Crippen LogP contribution in [0.15, 0.2) is 6.58 Å². The van der Waals surface area contributed by atoms with Crippen molar-refractivity contribution >= 4 is 5.57 Å². The number of hydrogen-bond acceptors (Lipinski definition) is 1. The van der Waals surface area contributed by atoms with Gasteiger partial charge in [0.05, 0.1) is 5.56 Å². The van der Waals surface area contributed by atoms with Crippen LogP contribution < -0.4 is 0 Å². The third-order valence-corrected chi connectivity index (χ3v) is 1.67. The Kier molecular flexibility index (Phi) is 2.51. The summed E-state index contributed by atoms with van der Waals surface area (Å²) in [5, 5.41) is 8.97. The van der Waals surface area contributed by atoms with E-state index in [9.17, 15) is 17.6 Å². The normalized spacial score (nSPS) is 10.4. The van der Waals surface area contributed by atoms with Crippen LogP contribution in [0.3, 0.4) is 0 Å². The first-order chi connectivity index (χ1) is 6.37. The van der Waals surface area contributed by atoms with Crippen LogP contribution in [0.4, 0.5) is 17.6 Å². The average Bonchev–Trinajstić information content (AvgIpc) is 2.11. The standard InChI is InChI=1S/C9H6F4O/c1-3(2)4-5(10)6(11)7(12)8(13)9(4)14/h14H,1H2,2H3. The molecule has 0 amide bonds. The van der Waals surface area contributed by atoms with Crippen LogP contribution in [0, 0.1) is 23.3 Å². The first kappa shape index (κ1) is 10.6. The minimum atomic E-state index is -2.04. The first-order valence-corrected chi connectivity index (χ1v) is 3.58. The molecule has 0 bridgehead atoms. The lowest BCUT2D eigenvalue weighted by atomic mass is 10.1. The molecule has 0 aliphatic carbocycles. The Balaban J connectivity index is 3.68. The maximum absolute atomic E-state index is 13.0. The molecule has 1 nitrogen and oxygen atoms in total. The molecule has 0 saturated heterocycles. The predicted octanol–water partition coefficient (Wildman–Crippen LogP) is 2.98. The molecule has 0 atom stereocenters. The van der Waals surface area contributed by atoms with Crippen LogP contribution >= 0.6 is 0 Å². The van der Waals surface area contributed by atoms with Crippen molar-refractivity contribution in [3.63, 3.8) is 0 Å². The van der Waals surface area contributed by atoms with Gasteiger partial charge in [0, 0.05) is 0 Å². The second-order valence-corrected chi connectivity index (χ2v) is 2.76. The second kappa shape index (κ2) is 3.32. The van der Waals surface area contributed by atoms with E-state index in [1.807, 2.05) is 0 Å². The average molecular weight is 206 g/mol. The van der Waals surface area contributed by atoms with Gasteiger partial charge in [0.25, 0.3) is 0 Å². The molecule has 5 heteroatoms. The maximum Gasteiger partial charge on any atom is 0.204 e. The van der Waals surface area contributed by atoms with Gasteiger partial charge in [0.15, 0.2) is 17.4 Å². The Labute approximate surface area is 77.3 Å². The second-order valence-electron chi connectivity index (χ2n) is 2.76. The SMILES string of the molecule is C=C(C)c1c(O)c(F)c(F)c(F)c1F. The van der Waals surface area contributed by atoms with Gasteiger partial charge in [0.2, 0.25) is 11.6 Å². The molecule has 1 aromatic rings. The highest BCUT2D eigenvalue weighted by Gasteiger charge is 2.25. The number of phenolic OH excluding ortho intramolecular Hbond substituents is 1. The maximum atomic E-state index is 13.0. The van der Waals surface area contributed by atoms with Gasteiger partial charge in [-0.05, 0) is 12.5 Å². The third-order valence-electron chi connectivity index (χ3n) is 1.67. The Morgan fingerprint density at radius 2 is 1.43 bits per heavy atom. The Morgan fingerprint density at radius 3 is 1.86 bits per heavy atom. The van der Waals surface area contributed by atoms with Gasteiger partial charge in [-0.25, -0.2) is 13.2 Å². The topological polar surface area (TPSA) is 20.2 Å². The molecule has 0 fully saturated rings. The molecule has 1 rings (SSSR count). The zero-order valence-electron chi connectivity index (χ0n) is 7.17. The lowest BCUT2D eigenvalue weighted by molar-refractivity contribution is 0.363. The number of phenols is 1. The van der Waals surface area contributed by atoms with Crippen molar-refractivity contribution < 1.29 is 22.7 Å². The highest BCUT2D eigenvalue weighted by molar-refractivity contribution is 5.67. The van der Waals surface area contributed by atoms with Crippen LogP contribution in [-0.2, 0) is 0 Å². The summed E-state index contributed by atoms with van der Waals surface area (Å²) >= 11 is 0. The van der Waals surface area contributed by atoms with E-state index in [1.165, 1.54) is 6.92 Å². The van der Waals surface area contributed by atoms with E-state index < -0.39 is 34.6 Å². The van der Waals surface area contributed by atoms with E-state index in [4.69, 9.17) is 5.11 Å². The smallest absolute Gasteiger partial charge is 0.204 e. The third kappa shape index (κ3) is 1.34. The number of allylic oxidation sites excluding steroid dienone is 1. The van der Waals surface area contributed by atoms with Gasteiger partial charge in [-0.1, -0.05) is 6.58 Å². The zero-order chi connectivity index (χ0) is 11.0. The lowest BCUT2D eigenvalue weighted by Gasteiger charge is -2.08. The molecule has 0 saturated carbocycles. The number of aromatic hydroxyl groups is 1. The van der Waals surface area contributed by atoms with Crippen LogP contribution in [0.25, 0.3) is 5.57 Å². The van der Waals surface area contributed by atoms with Gasteiger partial charge in [0.1, 0.15) is 0 Å². The minimum absolute atomic E-state index is 0.0993. The predicted molar refractivity (Wildman–Crippen MR) is 42.6 cm³/mol. The van der Waals surface area contributed by atoms with Gasteiger partial charge >= 0.3 is 0 Å². The van der Waals surface area contributed by atoms with Crippen LogP contribution in [-0.4, -0.2) is 5.11 Å². The molecule has 1 aromatic carbocycles. The van der Waals surface area contributed by atoms with E-state index in [0.717, 1.165) is 0 Å². The van der Waals surface area contributed by atoms with Crippen molar-refractivity contribution in [3.8, 4) is 5.75 Å². The highest BCUT2D eigenvalue weighted by Crippen LogP contribution is 2.33. The molecule has 0 spiro atoms. The fraction of sp³-hybridized carbons (Fsp3) is 0.111. The van der Waals surface area contributed by atoms with E-state index in [2.05, 4.69) is 6.58 Å². The molecule has 0 aliphatic rings. The van der Waals surface area contributed by atoms with Crippen molar-refractivity contribution in [2.24, 2.45) is 0 Å². The van der Waals surface area contributed by atoms with Crippen LogP contribution in [0.1, 0.15) is 12.5 Å². The van der Waals surface area contributed by atoms with Crippen molar-refractivity contribution in [2.75, 3.05) is 0 Å². The molecular weight excluding hydrogens is 200 g/mol. The van der Waals surface area contributed by atoms with Crippen molar-refractivity contribution in [1.29, 1.82) is 0 Å². The molecule has 0 unspecified atom stereocenters. The van der Waals surface area contributed by atoms with Crippen molar-refractivity contribution in [1.82, 2.24) is 0 Å². The summed E-state index contributed by atoms with van der Waals surface area (Å²) in [6, 6.07) is 0. The Morgan fingerprint density at radius 1 is 1.00 bits per heavy atom. The minimum Gasteiger partial charge on any atom is -0.504 e. The number of halogens is 4. The van der Waals surface area contributed by atoms with Crippen molar-refractivity contribution in [3.05, 3.63) is 35.4 Å². The van der Waals surface area contributed by atoms with Gasteiger partial charge in [-0.15, -0.1) is 0 Å². The molecule has 76 valence electrons. The molecule has 0 aliphatic heterocycles. The van der Waals surface area contributed by atoms with Crippen LogP contribution in [0.2, 0.25) is 0 Å². The Hall–Kier alpha value is -1.52. The summed E-state index contributed by atoms with van der Waals surface area (Å²) in [5.41, 5.74) is -0.848. The molecular formula is C9H6F4O. The van der Waals surface area contributed by atoms with Crippen molar-refractivity contribution in [2.45, 2.75) is 6.92 Å². The summed E-state index contributed by atoms with van der Waals surface area (Å²) in [6.45, 7) is 4.43. The van der Waals surface area contributed by atoms with E-state index in [0.29, 0.717) is 0 Å². The molecule has 0 aromatic heterocycles. The Bertz CT molecular complexity index is 383. The molecule has 14 heavy (non-hydrogen) atoms. The van der Waals surface area contributed by atoms with E-state index in [1.54, 1.807) is 0 Å². The largest absolute Gasteiger partial charge is 0.504 e. The quantitative estimate of drug-likeness (QED) is 0.425. The van der Waals surface area contributed by atoms with Gasteiger partial charge < -0.3 is 5.11 Å². The fourth-order valence-electron chi connectivity index (χ4n) is 1.01. The zero-order valence-corrected chi connectivity index (χ0v) is 7.17. The number of hydrogen-bond donors (Lipinski definition) is 1. The van der Waals surface area contributed by atoms with Gasteiger partial charge in [-0.3, -0.25) is 0 Å². The summed E-state index contributed by atoms with van der Waals surface area (Å²) < 4.78 is 50.8. The van der Waals surface area contributed by atoms with E-state index >= 15 is 0 Å².